The zero-order valence-corrected chi connectivity index (χ0v) is 16.0. The van der Waals surface area contributed by atoms with Gasteiger partial charge in [0.25, 0.3) is 0 Å². The van der Waals surface area contributed by atoms with E-state index in [1.165, 1.54) is 4.90 Å². The Morgan fingerprint density at radius 1 is 1.25 bits per heavy atom. The van der Waals surface area contributed by atoms with Crippen LogP contribution in [0.3, 0.4) is 0 Å². The largest absolute Gasteiger partial charge is 0.419 e. The highest BCUT2D eigenvalue weighted by molar-refractivity contribution is 5.76. The Kier molecular flexibility index (Phi) is 5.29. The van der Waals surface area contributed by atoms with Crippen LogP contribution in [0.1, 0.15) is 24.3 Å². The molecule has 1 fully saturated rings. The van der Waals surface area contributed by atoms with Crippen molar-refractivity contribution < 1.29 is 18.6 Å². The molecule has 3 aromatic rings. The van der Waals surface area contributed by atoms with Crippen molar-refractivity contribution in [3.05, 3.63) is 52.3 Å². The molecule has 4 rings (SSSR count). The van der Waals surface area contributed by atoms with Crippen LogP contribution in [0.5, 0.6) is 0 Å². The predicted molar refractivity (Wildman–Crippen MR) is 102 cm³/mol. The maximum atomic E-state index is 12.5. The number of benzene rings is 1. The van der Waals surface area contributed by atoms with Gasteiger partial charge in [0.1, 0.15) is 18.0 Å². The lowest BCUT2D eigenvalue weighted by Gasteiger charge is -2.31. The third kappa shape index (κ3) is 4.01. The summed E-state index contributed by atoms with van der Waals surface area (Å²) in [5.41, 5.74) is 2.32. The smallest absolute Gasteiger partial charge is 0.408 e. The summed E-state index contributed by atoms with van der Waals surface area (Å²) in [6.07, 6.45) is 1.05. The molecular weight excluding hydrogens is 360 g/mol. The van der Waals surface area contributed by atoms with E-state index in [2.05, 4.69) is 5.16 Å². The summed E-state index contributed by atoms with van der Waals surface area (Å²) in [5.74, 6) is 0.610. The van der Waals surface area contributed by atoms with Crippen LogP contribution >= 0.6 is 0 Å². The van der Waals surface area contributed by atoms with E-state index in [-0.39, 0.29) is 11.7 Å². The van der Waals surface area contributed by atoms with E-state index in [1.807, 2.05) is 36.1 Å². The van der Waals surface area contributed by atoms with Gasteiger partial charge in [-0.3, -0.25) is 9.36 Å². The topological polar surface area (TPSA) is 85.9 Å². The maximum absolute atomic E-state index is 12.5. The van der Waals surface area contributed by atoms with Crippen molar-refractivity contribution in [3.8, 4) is 0 Å². The number of carbonyl (C=O) groups excluding carboxylic acids is 1. The van der Waals surface area contributed by atoms with Gasteiger partial charge >= 0.3 is 5.76 Å². The quantitative estimate of drug-likeness (QED) is 0.672. The molecule has 0 unspecified atom stereocenters. The Morgan fingerprint density at radius 3 is 2.79 bits per heavy atom. The van der Waals surface area contributed by atoms with Gasteiger partial charge in [0.15, 0.2) is 5.58 Å². The number of hydrogen-bond acceptors (Lipinski definition) is 5. The summed E-state index contributed by atoms with van der Waals surface area (Å²) in [4.78, 5) is 27.8. The van der Waals surface area contributed by atoms with Gasteiger partial charge in [-0.05, 0) is 25.5 Å². The molecule has 2 aromatic heterocycles. The average molecular weight is 385 g/mol. The summed E-state index contributed by atoms with van der Waals surface area (Å²) >= 11 is 0. The Morgan fingerprint density at radius 2 is 2.04 bits per heavy atom. The molecule has 0 aliphatic carbocycles. The molecule has 0 spiro atoms. The van der Waals surface area contributed by atoms with E-state index in [4.69, 9.17) is 8.94 Å². The number of hydrogen-bond donors (Lipinski definition) is 1. The highest BCUT2D eigenvalue weighted by Crippen LogP contribution is 2.12. The minimum Gasteiger partial charge on any atom is -0.408 e. The number of nitrogens with zero attached hydrogens (tertiary/aromatic N) is 3. The molecular formula is C20H25N4O4+. The van der Waals surface area contributed by atoms with E-state index in [1.54, 1.807) is 10.6 Å². The standard InChI is InChI=1S/C20H24N4O4/c1-15-13-16(21-28-15)14-22-9-11-23(12-10-22)19(25)7-4-8-24-17-5-2-3-6-18(17)27-20(24)26/h2-3,5-6,13H,4,7-12,14H2,1H3/p+1. The zero-order valence-electron chi connectivity index (χ0n) is 16.0. The van der Waals surface area contributed by atoms with Crippen LogP contribution in [-0.4, -0.2) is 46.7 Å². The predicted octanol–water partition coefficient (Wildman–Crippen LogP) is 0.598. The van der Waals surface area contributed by atoms with Crippen LogP contribution in [0.2, 0.25) is 0 Å². The van der Waals surface area contributed by atoms with Crippen molar-refractivity contribution in [3.63, 3.8) is 0 Å². The van der Waals surface area contributed by atoms with Crippen LogP contribution in [0, 0.1) is 6.92 Å². The zero-order chi connectivity index (χ0) is 19.5. The van der Waals surface area contributed by atoms with Gasteiger partial charge in [0.2, 0.25) is 5.91 Å². The summed E-state index contributed by atoms with van der Waals surface area (Å²) in [7, 11) is 0. The number of quaternary nitrogens is 1. The van der Waals surface area contributed by atoms with Crippen LogP contribution in [0.15, 0.2) is 44.1 Å². The molecule has 0 radical (unpaired) electrons. The second-order valence-corrected chi connectivity index (χ2v) is 7.33. The first-order valence-electron chi connectivity index (χ1n) is 9.72. The molecule has 3 heterocycles. The number of fused-ring (bicyclic) bond motifs is 1. The molecule has 8 heteroatoms. The van der Waals surface area contributed by atoms with Crippen LogP contribution < -0.4 is 10.7 Å². The molecule has 1 aliphatic heterocycles. The molecule has 1 aliphatic rings. The summed E-state index contributed by atoms with van der Waals surface area (Å²) in [6.45, 7) is 6.52. The fourth-order valence-electron chi connectivity index (χ4n) is 3.78. The van der Waals surface area contributed by atoms with E-state index in [9.17, 15) is 9.59 Å². The van der Waals surface area contributed by atoms with Gasteiger partial charge in [0, 0.05) is 19.0 Å². The molecule has 1 aromatic carbocycles. The number of aryl methyl sites for hydroxylation is 2. The van der Waals surface area contributed by atoms with Gasteiger partial charge in [-0.15, -0.1) is 0 Å². The van der Waals surface area contributed by atoms with E-state index in [0.717, 1.165) is 49.7 Å². The molecule has 1 saturated heterocycles. The number of oxazole rings is 1. The van der Waals surface area contributed by atoms with Crippen LogP contribution in [0.4, 0.5) is 0 Å². The Bertz CT molecular complexity index is 1010. The molecule has 28 heavy (non-hydrogen) atoms. The molecule has 0 atom stereocenters. The normalized spacial score (nSPS) is 15.4. The van der Waals surface area contributed by atoms with Crippen LogP contribution in [-0.2, 0) is 17.9 Å². The summed E-state index contributed by atoms with van der Waals surface area (Å²) in [5, 5.41) is 4.05. The molecule has 1 amide bonds. The molecule has 148 valence electrons. The number of nitrogens with one attached hydrogen (secondary N) is 1. The molecule has 1 N–H and O–H groups in total. The van der Waals surface area contributed by atoms with E-state index < -0.39 is 0 Å². The third-order valence-electron chi connectivity index (χ3n) is 5.28. The fourth-order valence-corrected chi connectivity index (χ4v) is 3.78. The van der Waals surface area contributed by atoms with Crippen molar-refractivity contribution in [1.82, 2.24) is 14.6 Å². The molecule has 0 saturated carbocycles. The lowest BCUT2D eigenvalue weighted by atomic mass is 10.2. The second kappa shape index (κ2) is 8.02. The monoisotopic (exact) mass is 385 g/mol. The average Bonchev–Trinajstić information content (AvgIpc) is 3.25. The van der Waals surface area contributed by atoms with Crippen molar-refractivity contribution in [1.29, 1.82) is 0 Å². The maximum Gasteiger partial charge on any atom is 0.419 e. The number of aromatic nitrogens is 2. The van der Waals surface area contributed by atoms with Crippen molar-refractivity contribution in [2.24, 2.45) is 0 Å². The van der Waals surface area contributed by atoms with Gasteiger partial charge in [-0.2, -0.15) is 0 Å². The minimum absolute atomic E-state index is 0.150. The van der Waals surface area contributed by atoms with E-state index in [0.29, 0.717) is 25.0 Å². The minimum atomic E-state index is -0.367. The number of rotatable bonds is 6. The SMILES string of the molecule is Cc1cc(C[NH+]2CCN(C(=O)CCCn3c(=O)oc4ccccc43)CC2)no1. The summed E-state index contributed by atoms with van der Waals surface area (Å²) < 4.78 is 12.0. The first-order chi connectivity index (χ1) is 13.6. The van der Waals surface area contributed by atoms with Crippen molar-refractivity contribution in [2.45, 2.75) is 32.9 Å². The number of piperazine rings is 1. The lowest BCUT2D eigenvalue weighted by molar-refractivity contribution is -0.918. The first-order valence-corrected chi connectivity index (χ1v) is 9.72. The van der Waals surface area contributed by atoms with Gasteiger partial charge in [-0.25, -0.2) is 4.79 Å². The number of para-hydroxylation sites is 2. The van der Waals surface area contributed by atoms with Crippen molar-refractivity contribution in [2.75, 3.05) is 26.2 Å². The first kappa shape index (κ1) is 18.5. The Hall–Kier alpha value is -2.87. The van der Waals surface area contributed by atoms with Gasteiger partial charge in [0.05, 0.1) is 31.7 Å². The highest BCUT2D eigenvalue weighted by atomic mass is 16.5. The van der Waals surface area contributed by atoms with Crippen LogP contribution in [0.25, 0.3) is 11.1 Å². The van der Waals surface area contributed by atoms with Gasteiger partial charge < -0.3 is 18.7 Å². The fraction of sp³-hybridized carbons (Fsp3) is 0.450. The lowest BCUT2D eigenvalue weighted by Crippen LogP contribution is -3.13. The Labute approximate surface area is 162 Å². The molecule has 8 nitrogen and oxygen atoms in total. The van der Waals surface area contributed by atoms with E-state index >= 15 is 0 Å². The van der Waals surface area contributed by atoms with Crippen molar-refractivity contribution >= 4 is 17.0 Å². The number of carbonyl (C=O) groups is 1. The second-order valence-electron chi connectivity index (χ2n) is 7.33. The summed E-state index contributed by atoms with van der Waals surface area (Å²) in [6, 6.07) is 9.32. The Balaban J connectivity index is 1.24. The van der Waals surface area contributed by atoms with Gasteiger partial charge in [-0.1, -0.05) is 17.3 Å². The number of amides is 1. The molecule has 0 bridgehead atoms. The highest BCUT2D eigenvalue weighted by Gasteiger charge is 2.24. The third-order valence-corrected chi connectivity index (χ3v) is 5.28.